The van der Waals surface area contributed by atoms with E-state index in [1.807, 2.05) is 29.2 Å². The molecular formula is C18H24Cl2N4O. The van der Waals surface area contributed by atoms with Gasteiger partial charge >= 0.3 is 0 Å². The van der Waals surface area contributed by atoms with Crippen LogP contribution in [0, 0.1) is 5.41 Å². The van der Waals surface area contributed by atoms with Crippen LogP contribution in [-0.4, -0.2) is 47.0 Å². The summed E-state index contributed by atoms with van der Waals surface area (Å²) in [4.78, 5) is 23.5. The molecule has 4 rings (SSSR count). The first-order chi connectivity index (χ1) is 11.3. The van der Waals surface area contributed by atoms with E-state index < -0.39 is 0 Å². The van der Waals surface area contributed by atoms with Gasteiger partial charge in [-0.25, -0.2) is 4.98 Å². The number of piperidine rings is 2. The Balaban J connectivity index is 0.00000113. The van der Waals surface area contributed by atoms with Gasteiger partial charge in [-0.3, -0.25) is 9.78 Å². The van der Waals surface area contributed by atoms with Crippen molar-refractivity contribution in [3.8, 4) is 0 Å². The monoisotopic (exact) mass is 382 g/mol. The number of benzene rings is 1. The SMILES string of the molecule is Cl.Cl.O=C(c1cnc2ccccc2n1)N1CCC2(CCNCC2)CC1. The summed E-state index contributed by atoms with van der Waals surface area (Å²) < 4.78 is 0. The number of halogens is 2. The van der Waals surface area contributed by atoms with Crippen molar-refractivity contribution < 1.29 is 4.79 Å². The first-order valence-corrected chi connectivity index (χ1v) is 8.48. The van der Waals surface area contributed by atoms with Crippen molar-refractivity contribution in [2.75, 3.05) is 26.2 Å². The molecule has 0 radical (unpaired) electrons. The molecule has 7 heteroatoms. The molecule has 5 nitrogen and oxygen atoms in total. The second-order valence-corrected chi connectivity index (χ2v) is 6.79. The van der Waals surface area contributed by atoms with Gasteiger partial charge in [0.15, 0.2) is 0 Å². The van der Waals surface area contributed by atoms with Crippen LogP contribution in [0.4, 0.5) is 0 Å². The molecule has 1 amide bonds. The number of nitrogens with one attached hydrogen (secondary N) is 1. The second kappa shape index (κ2) is 8.30. The maximum Gasteiger partial charge on any atom is 0.274 e. The van der Waals surface area contributed by atoms with E-state index in [2.05, 4.69) is 15.3 Å². The van der Waals surface area contributed by atoms with Gasteiger partial charge in [-0.2, -0.15) is 0 Å². The molecule has 0 aliphatic carbocycles. The number of hydrogen-bond acceptors (Lipinski definition) is 4. The van der Waals surface area contributed by atoms with E-state index in [1.54, 1.807) is 6.20 Å². The van der Waals surface area contributed by atoms with Gasteiger partial charge in [-0.15, -0.1) is 24.8 Å². The van der Waals surface area contributed by atoms with Gasteiger partial charge in [0.25, 0.3) is 5.91 Å². The van der Waals surface area contributed by atoms with Crippen molar-refractivity contribution in [1.29, 1.82) is 0 Å². The van der Waals surface area contributed by atoms with Crippen LogP contribution in [0.25, 0.3) is 11.0 Å². The van der Waals surface area contributed by atoms with Crippen LogP contribution in [0.2, 0.25) is 0 Å². The molecule has 25 heavy (non-hydrogen) atoms. The molecule has 2 aliphatic rings. The molecule has 136 valence electrons. The molecule has 2 aliphatic heterocycles. The van der Waals surface area contributed by atoms with Gasteiger partial charge in [0.05, 0.1) is 17.2 Å². The summed E-state index contributed by atoms with van der Waals surface area (Å²) >= 11 is 0. The van der Waals surface area contributed by atoms with Crippen LogP contribution in [0.5, 0.6) is 0 Å². The van der Waals surface area contributed by atoms with Gasteiger partial charge in [0, 0.05) is 13.1 Å². The molecule has 0 atom stereocenters. The molecule has 1 aromatic carbocycles. The molecule has 3 heterocycles. The van der Waals surface area contributed by atoms with Crippen molar-refractivity contribution in [2.24, 2.45) is 5.41 Å². The molecule has 2 fully saturated rings. The lowest BCUT2D eigenvalue weighted by atomic mass is 9.71. The van der Waals surface area contributed by atoms with E-state index in [0.29, 0.717) is 11.1 Å². The predicted octanol–water partition coefficient (Wildman–Crippen LogP) is 3.08. The van der Waals surface area contributed by atoms with Crippen molar-refractivity contribution in [2.45, 2.75) is 25.7 Å². The average molecular weight is 383 g/mol. The van der Waals surface area contributed by atoms with Gasteiger partial charge in [-0.1, -0.05) is 12.1 Å². The largest absolute Gasteiger partial charge is 0.337 e. The van der Waals surface area contributed by atoms with Crippen LogP contribution < -0.4 is 5.32 Å². The fourth-order valence-corrected chi connectivity index (χ4v) is 3.86. The van der Waals surface area contributed by atoms with Crippen molar-refractivity contribution in [1.82, 2.24) is 20.2 Å². The summed E-state index contributed by atoms with van der Waals surface area (Å²) in [5.74, 6) is 0.0204. The number of carbonyl (C=O) groups is 1. The third-order valence-corrected chi connectivity index (χ3v) is 5.44. The second-order valence-electron chi connectivity index (χ2n) is 6.79. The highest BCUT2D eigenvalue weighted by molar-refractivity contribution is 5.93. The molecule has 1 N–H and O–H groups in total. The summed E-state index contributed by atoms with van der Waals surface area (Å²) in [6, 6.07) is 7.67. The molecule has 2 aromatic rings. The summed E-state index contributed by atoms with van der Waals surface area (Å²) in [5.41, 5.74) is 2.53. The van der Waals surface area contributed by atoms with Crippen LogP contribution in [0.3, 0.4) is 0 Å². The Morgan fingerprint density at radius 3 is 2.32 bits per heavy atom. The fourth-order valence-electron chi connectivity index (χ4n) is 3.86. The first-order valence-electron chi connectivity index (χ1n) is 8.48. The lowest BCUT2D eigenvalue weighted by Gasteiger charge is -2.44. The Hall–Kier alpha value is -1.43. The number of carbonyl (C=O) groups excluding carboxylic acids is 1. The molecule has 2 saturated heterocycles. The topological polar surface area (TPSA) is 58.1 Å². The van der Waals surface area contributed by atoms with E-state index in [0.717, 1.165) is 50.1 Å². The Kier molecular flexibility index (Phi) is 6.60. The third-order valence-electron chi connectivity index (χ3n) is 5.44. The molecule has 0 saturated carbocycles. The van der Waals surface area contributed by atoms with E-state index in [9.17, 15) is 4.79 Å². The number of likely N-dealkylation sites (tertiary alicyclic amines) is 1. The van der Waals surface area contributed by atoms with E-state index in [1.165, 1.54) is 12.8 Å². The van der Waals surface area contributed by atoms with Crippen molar-refractivity contribution in [3.05, 3.63) is 36.2 Å². The minimum Gasteiger partial charge on any atom is -0.337 e. The number of rotatable bonds is 1. The van der Waals surface area contributed by atoms with E-state index >= 15 is 0 Å². The van der Waals surface area contributed by atoms with Gasteiger partial charge in [0.1, 0.15) is 5.69 Å². The zero-order valence-electron chi connectivity index (χ0n) is 14.1. The number of amides is 1. The van der Waals surface area contributed by atoms with Gasteiger partial charge in [-0.05, 0) is 56.3 Å². The van der Waals surface area contributed by atoms with Crippen LogP contribution in [0.15, 0.2) is 30.5 Å². The lowest BCUT2D eigenvalue weighted by molar-refractivity contribution is 0.0491. The summed E-state index contributed by atoms with van der Waals surface area (Å²) in [6.45, 7) is 3.91. The van der Waals surface area contributed by atoms with Crippen LogP contribution in [0.1, 0.15) is 36.2 Å². The number of para-hydroxylation sites is 2. The van der Waals surface area contributed by atoms with Crippen molar-refractivity contribution >= 4 is 41.8 Å². The smallest absolute Gasteiger partial charge is 0.274 e. The minimum absolute atomic E-state index is 0. The fraction of sp³-hybridized carbons (Fsp3) is 0.500. The van der Waals surface area contributed by atoms with Gasteiger partial charge < -0.3 is 10.2 Å². The summed E-state index contributed by atoms with van der Waals surface area (Å²) in [7, 11) is 0. The standard InChI is InChI=1S/C18H22N4O.2ClH/c23-17(16-13-20-14-3-1-2-4-15(14)21-16)22-11-7-18(8-12-22)5-9-19-10-6-18;;/h1-4,13,19H,5-12H2;2*1H. The number of nitrogens with zero attached hydrogens (tertiary/aromatic N) is 3. The Morgan fingerprint density at radius 1 is 1.00 bits per heavy atom. The zero-order chi connectivity index (χ0) is 15.7. The van der Waals surface area contributed by atoms with Crippen LogP contribution >= 0.6 is 24.8 Å². The summed E-state index contributed by atoms with van der Waals surface area (Å²) in [5, 5.41) is 3.43. The lowest BCUT2D eigenvalue weighted by Crippen LogP contribution is -2.47. The number of fused-ring (bicyclic) bond motifs is 1. The number of hydrogen-bond donors (Lipinski definition) is 1. The Bertz CT molecular complexity index is 724. The molecule has 0 bridgehead atoms. The third kappa shape index (κ3) is 4.05. The Labute approximate surface area is 160 Å². The molecular weight excluding hydrogens is 359 g/mol. The summed E-state index contributed by atoms with van der Waals surface area (Å²) in [6.07, 6.45) is 6.32. The predicted molar refractivity (Wildman–Crippen MR) is 104 cm³/mol. The highest BCUT2D eigenvalue weighted by Crippen LogP contribution is 2.39. The molecule has 1 spiro atoms. The average Bonchev–Trinajstić information content (AvgIpc) is 2.62. The van der Waals surface area contributed by atoms with E-state index in [4.69, 9.17) is 0 Å². The van der Waals surface area contributed by atoms with Crippen LogP contribution in [-0.2, 0) is 0 Å². The molecule has 0 unspecified atom stereocenters. The Morgan fingerprint density at radius 2 is 1.64 bits per heavy atom. The number of aromatic nitrogens is 2. The first kappa shape index (κ1) is 19.9. The highest BCUT2D eigenvalue weighted by Gasteiger charge is 2.37. The van der Waals surface area contributed by atoms with Gasteiger partial charge in [0.2, 0.25) is 0 Å². The quantitative estimate of drug-likeness (QED) is 0.822. The molecule has 1 aromatic heterocycles. The normalized spacial score (nSPS) is 19.1. The zero-order valence-corrected chi connectivity index (χ0v) is 15.7. The minimum atomic E-state index is 0. The van der Waals surface area contributed by atoms with Crippen molar-refractivity contribution in [3.63, 3.8) is 0 Å². The maximum absolute atomic E-state index is 12.7. The van der Waals surface area contributed by atoms with E-state index in [-0.39, 0.29) is 30.7 Å². The highest BCUT2D eigenvalue weighted by atomic mass is 35.5. The maximum atomic E-state index is 12.7.